The van der Waals surface area contributed by atoms with Gasteiger partial charge in [0, 0.05) is 5.56 Å². The predicted octanol–water partition coefficient (Wildman–Crippen LogP) is 6.31. The Kier molecular flexibility index (Phi) is 7.97. The minimum Gasteiger partial charge on any atom is -0.127 e. The summed E-state index contributed by atoms with van der Waals surface area (Å²) in [5, 5.41) is 0. The summed E-state index contributed by atoms with van der Waals surface area (Å²) in [5.41, 5.74) is 6.05. The molecule has 0 saturated carbocycles. The van der Waals surface area contributed by atoms with E-state index in [1.165, 1.54) is 37.7 Å². The molecule has 0 aromatic heterocycles. The Bertz CT molecular complexity index is 479. The Labute approximate surface area is 139 Å². The summed E-state index contributed by atoms with van der Waals surface area (Å²) in [6.07, 6.45) is 6.62. The summed E-state index contributed by atoms with van der Waals surface area (Å²) >= 11 is 0. The van der Waals surface area contributed by atoms with Crippen molar-refractivity contribution in [2.45, 2.75) is 72.5 Å². The van der Waals surface area contributed by atoms with Crippen LogP contribution in [0.3, 0.4) is 0 Å². The fourth-order valence-electron chi connectivity index (χ4n) is 2.45. The van der Waals surface area contributed by atoms with Crippen LogP contribution in [0.25, 0.3) is 0 Å². The first-order valence-electron chi connectivity index (χ1n) is 8.88. The summed E-state index contributed by atoms with van der Waals surface area (Å²) in [5.74, 6) is 5.01. The van der Waals surface area contributed by atoms with Gasteiger partial charge in [0.2, 0.25) is 0 Å². The fraction of sp³-hybridized carbons (Fsp3) is 0.619. The van der Waals surface area contributed by atoms with E-state index in [9.17, 15) is 0 Å². The van der Waals surface area contributed by atoms with Crippen LogP contribution in [-0.4, -0.2) is 8.07 Å². The molecule has 0 nitrogen and oxygen atoms in total. The molecule has 1 heteroatoms. The fourth-order valence-corrected chi connectivity index (χ4v) is 2.97. The van der Waals surface area contributed by atoms with Crippen molar-refractivity contribution in [1.29, 1.82) is 0 Å². The molecule has 0 aliphatic heterocycles. The lowest BCUT2D eigenvalue weighted by Gasteiger charge is -2.12. The SMILES string of the molecule is CC(C)CCCC(C)CCc1ccc(C#C[Si](C)(C)C)cc1. The summed E-state index contributed by atoms with van der Waals surface area (Å²) in [6.45, 7) is 13.9. The average molecular weight is 315 g/mol. The first-order chi connectivity index (χ1) is 10.3. The molecule has 1 aromatic carbocycles. The van der Waals surface area contributed by atoms with Gasteiger partial charge in [-0.2, -0.15) is 0 Å². The number of hydrogen-bond acceptors (Lipinski definition) is 0. The summed E-state index contributed by atoms with van der Waals surface area (Å²) in [7, 11) is -1.27. The van der Waals surface area contributed by atoms with Crippen molar-refractivity contribution in [3.8, 4) is 11.5 Å². The highest BCUT2D eigenvalue weighted by molar-refractivity contribution is 6.83. The van der Waals surface area contributed by atoms with Crippen molar-refractivity contribution in [3.63, 3.8) is 0 Å². The van der Waals surface area contributed by atoms with E-state index in [1.54, 1.807) is 0 Å². The van der Waals surface area contributed by atoms with Crippen LogP contribution in [0.15, 0.2) is 24.3 Å². The van der Waals surface area contributed by atoms with Gasteiger partial charge in [-0.1, -0.05) is 77.7 Å². The molecule has 1 aromatic rings. The predicted molar refractivity (Wildman–Crippen MR) is 103 cm³/mol. The monoisotopic (exact) mass is 314 g/mol. The van der Waals surface area contributed by atoms with Gasteiger partial charge in [0.15, 0.2) is 0 Å². The molecule has 0 aliphatic carbocycles. The molecule has 0 N–H and O–H groups in total. The van der Waals surface area contributed by atoms with Crippen LogP contribution in [0.4, 0.5) is 0 Å². The third kappa shape index (κ3) is 9.10. The number of hydrogen-bond donors (Lipinski definition) is 0. The Balaban J connectivity index is 2.39. The quantitative estimate of drug-likeness (QED) is 0.408. The highest BCUT2D eigenvalue weighted by Crippen LogP contribution is 2.17. The standard InChI is InChI=1S/C21H34Si/c1-18(2)8-7-9-19(3)10-11-20-12-14-21(15-13-20)16-17-22(4,5)6/h12-15,18-19H,7-11H2,1-6H3. The molecule has 0 radical (unpaired) electrons. The number of benzene rings is 1. The molecule has 1 atom stereocenters. The van der Waals surface area contributed by atoms with Crippen LogP contribution < -0.4 is 0 Å². The maximum atomic E-state index is 3.43. The van der Waals surface area contributed by atoms with Gasteiger partial charge in [0.1, 0.15) is 8.07 Å². The maximum absolute atomic E-state index is 3.43. The van der Waals surface area contributed by atoms with E-state index in [0.29, 0.717) is 0 Å². The zero-order chi connectivity index (χ0) is 16.6. The van der Waals surface area contributed by atoms with Crippen molar-refractivity contribution >= 4 is 8.07 Å². The summed E-state index contributed by atoms with van der Waals surface area (Å²) in [4.78, 5) is 0. The molecule has 1 unspecified atom stereocenters. The summed E-state index contributed by atoms with van der Waals surface area (Å²) < 4.78 is 0. The van der Waals surface area contributed by atoms with Gasteiger partial charge in [0.25, 0.3) is 0 Å². The van der Waals surface area contributed by atoms with Crippen molar-refractivity contribution in [1.82, 2.24) is 0 Å². The van der Waals surface area contributed by atoms with E-state index >= 15 is 0 Å². The molecular formula is C21H34Si. The van der Waals surface area contributed by atoms with Crippen molar-refractivity contribution in [2.75, 3.05) is 0 Å². The molecule has 0 fully saturated rings. The van der Waals surface area contributed by atoms with E-state index in [0.717, 1.165) is 17.4 Å². The Morgan fingerprint density at radius 3 is 2.09 bits per heavy atom. The molecule has 1 rings (SSSR count). The molecule has 0 amide bonds. The third-order valence-electron chi connectivity index (χ3n) is 3.94. The normalized spacial score (nSPS) is 12.9. The van der Waals surface area contributed by atoms with E-state index in [4.69, 9.17) is 0 Å². The van der Waals surface area contributed by atoms with Crippen LogP contribution in [0, 0.1) is 23.3 Å². The molecular weight excluding hydrogens is 280 g/mol. The average Bonchev–Trinajstić information content (AvgIpc) is 2.43. The van der Waals surface area contributed by atoms with Gasteiger partial charge in [-0.15, -0.1) is 5.54 Å². The lowest BCUT2D eigenvalue weighted by atomic mass is 9.94. The maximum Gasteiger partial charge on any atom is 0.129 e. The zero-order valence-corrected chi connectivity index (χ0v) is 16.5. The van der Waals surface area contributed by atoms with Gasteiger partial charge < -0.3 is 0 Å². The smallest absolute Gasteiger partial charge is 0.127 e. The molecule has 0 bridgehead atoms. The van der Waals surface area contributed by atoms with E-state index in [1.807, 2.05) is 0 Å². The highest BCUT2D eigenvalue weighted by atomic mass is 28.3. The second-order valence-corrected chi connectivity index (χ2v) is 12.9. The Hall–Kier alpha value is -1.00. The van der Waals surface area contributed by atoms with Crippen LogP contribution >= 0.6 is 0 Å². The second-order valence-electron chi connectivity index (χ2n) is 8.17. The van der Waals surface area contributed by atoms with Crippen LogP contribution in [0.2, 0.25) is 19.6 Å². The highest BCUT2D eigenvalue weighted by Gasteiger charge is 2.07. The Morgan fingerprint density at radius 2 is 1.55 bits per heavy atom. The first kappa shape index (κ1) is 19.0. The number of aryl methyl sites for hydroxylation is 1. The van der Waals surface area contributed by atoms with Crippen LogP contribution in [0.1, 0.15) is 57.6 Å². The second kappa shape index (κ2) is 9.21. The largest absolute Gasteiger partial charge is 0.129 e. The van der Waals surface area contributed by atoms with Gasteiger partial charge in [-0.25, -0.2) is 0 Å². The topological polar surface area (TPSA) is 0 Å². The molecule has 22 heavy (non-hydrogen) atoms. The number of rotatable bonds is 7. The van der Waals surface area contributed by atoms with Crippen molar-refractivity contribution in [2.24, 2.45) is 11.8 Å². The summed E-state index contributed by atoms with van der Waals surface area (Å²) in [6, 6.07) is 8.89. The van der Waals surface area contributed by atoms with E-state index in [2.05, 4.69) is 76.1 Å². The lowest BCUT2D eigenvalue weighted by molar-refractivity contribution is 0.437. The lowest BCUT2D eigenvalue weighted by Crippen LogP contribution is -2.16. The third-order valence-corrected chi connectivity index (χ3v) is 4.81. The van der Waals surface area contributed by atoms with Crippen LogP contribution in [0.5, 0.6) is 0 Å². The van der Waals surface area contributed by atoms with Gasteiger partial charge in [0.05, 0.1) is 0 Å². The van der Waals surface area contributed by atoms with Gasteiger partial charge >= 0.3 is 0 Å². The minimum atomic E-state index is -1.27. The molecule has 122 valence electrons. The molecule has 0 aliphatic rings. The van der Waals surface area contributed by atoms with Crippen LogP contribution in [-0.2, 0) is 6.42 Å². The zero-order valence-electron chi connectivity index (χ0n) is 15.5. The minimum absolute atomic E-state index is 0.838. The molecule has 0 heterocycles. The van der Waals surface area contributed by atoms with Crippen molar-refractivity contribution in [3.05, 3.63) is 35.4 Å². The Morgan fingerprint density at radius 1 is 0.909 bits per heavy atom. The van der Waals surface area contributed by atoms with Gasteiger partial charge in [-0.05, 0) is 42.4 Å². The van der Waals surface area contributed by atoms with E-state index in [-0.39, 0.29) is 0 Å². The van der Waals surface area contributed by atoms with Gasteiger partial charge in [-0.3, -0.25) is 0 Å². The molecule has 0 spiro atoms. The van der Waals surface area contributed by atoms with E-state index < -0.39 is 8.07 Å². The van der Waals surface area contributed by atoms with Crippen molar-refractivity contribution < 1.29 is 0 Å². The first-order valence-corrected chi connectivity index (χ1v) is 12.4. The molecule has 0 saturated heterocycles.